The van der Waals surface area contributed by atoms with E-state index in [-0.39, 0.29) is 11.7 Å². The summed E-state index contributed by atoms with van der Waals surface area (Å²) in [6.45, 7) is 5.75. The second-order valence-corrected chi connectivity index (χ2v) is 5.38. The Hall–Kier alpha value is -2.37. The standard InChI is InChI=1S/C16H18FN3O2/c1-11-15(22-12(2)18-11)16(21)20-9-7-19(8-10-20)14-6-4-3-5-13(14)17/h3-6H,7-10H2,1-2H3. The van der Waals surface area contributed by atoms with Gasteiger partial charge in [0, 0.05) is 33.1 Å². The number of nitrogens with zero attached hydrogens (tertiary/aromatic N) is 3. The molecule has 0 atom stereocenters. The van der Waals surface area contributed by atoms with Crippen LogP contribution in [0.2, 0.25) is 0 Å². The van der Waals surface area contributed by atoms with Crippen LogP contribution in [0.4, 0.5) is 10.1 Å². The summed E-state index contributed by atoms with van der Waals surface area (Å²) < 4.78 is 19.2. The summed E-state index contributed by atoms with van der Waals surface area (Å²) >= 11 is 0. The molecule has 1 aromatic carbocycles. The Morgan fingerprint density at radius 1 is 1.18 bits per heavy atom. The van der Waals surface area contributed by atoms with Gasteiger partial charge in [-0.2, -0.15) is 0 Å². The van der Waals surface area contributed by atoms with E-state index in [9.17, 15) is 9.18 Å². The van der Waals surface area contributed by atoms with Gasteiger partial charge >= 0.3 is 0 Å². The maximum atomic E-state index is 13.8. The van der Waals surface area contributed by atoms with Crippen LogP contribution in [0.1, 0.15) is 22.1 Å². The Morgan fingerprint density at radius 3 is 2.45 bits per heavy atom. The van der Waals surface area contributed by atoms with E-state index in [0.29, 0.717) is 49.2 Å². The van der Waals surface area contributed by atoms with Crippen molar-refractivity contribution >= 4 is 11.6 Å². The van der Waals surface area contributed by atoms with Crippen molar-refractivity contribution in [2.24, 2.45) is 0 Å². The van der Waals surface area contributed by atoms with Crippen LogP contribution in [0.3, 0.4) is 0 Å². The van der Waals surface area contributed by atoms with E-state index >= 15 is 0 Å². The highest BCUT2D eigenvalue weighted by Crippen LogP contribution is 2.21. The smallest absolute Gasteiger partial charge is 0.291 e. The van der Waals surface area contributed by atoms with Crippen LogP contribution in [-0.2, 0) is 0 Å². The number of aryl methyl sites for hydroxylation is 2. The van der Waals surface area contributed by atoms with E-state index in [1.807, 2.05) is 11.0 Å². The minimum absolute atomic E-state index is 0.147. The van der Waals surface area contributed by atoms with Gasteiger partial charge in [-0.15, -0.1) is 0 Å². The Balaban J connectivity index is 1.68. The number of para-hydroxylation sites is 1. The molecule has 0 unspecified atom stereocenters. The summed E-state index contributed by atoms with van der Waals surface area (Å²) in [6, 6.07) is 6.70. The van der Waals surface area contributed by atoms with Crippen LogP contribution in [0.15, 0.2) is 28.7 Å². The van der Waals surface area contributed by atoms with E-state index in [1.165, 1.54) is 6.07 Å². The highest BCUT2D eigenvalue weighted by atomic mass is 19.1. The summed E-state index contributed by atoms with van der Waals surface area (Å²) in [6.07, 6.45) is 0. The van der Waals surface area contributed by atoms with Crippen LogP contribution < -0.4 is 4.90 Å². The van der Waals surface area contributed by atoms with Crippen molar-refractivity contribution in [2.45, 2.75) is 13.8 Å². The fourth-order valence-electron chi connectivity index (χ4n) is 2.73. The molecule has 1 aliphatic heterocycles. The molecule has 1 aromatic heterocycles. The Labute approximate surface area is 128 Å². The minimum atomic E-state index is -0.232. The lowest BCUT2D eigenvalue weighted by atomic mass is 10.2. The van der Waals surface area contributed by atoms with Gasteiger partial charge in [0.25, 0.3) is 5.91 Å². The maximum Gasteiger partial charge on any atom is 0.291 e. The third kappa shape index (κ3) is 2.68. The second kappa shape index (κ2) is 5.79. The van der Waals surface area contributed by atoms with Crippen LogP contribution in [0, 0.1) is 19.7 Å². The van der Waals surface area contributed by atoms with Crippen molar-refractivity contribution in [1.82, 2.24) is 9.88 Å². The zero-order valence-corrected chi connectivity index (χ0v) is 12.7. The van der Waals surface area contributed by atoms with Crippen molar-refractivity contribution in [2.75, 3.05) is 31.1 Å². The van der Waals surface area contributed by atoms with Crippen molar-refractivity contribution in [3.05, 3.63) is 47.4 Å². The molecular formula is C16H18FN3O2. The summed E-state index contributed by atoms with van der Waals surface area (Å²) in [5.74, 6) is 0.415. The van der Waals surface area contributed by atoms with Crippen LogP contribution in [-0.4, -0.2) is 42.0 Å². The molecule has 5 nitrogen and oxygen atoms in total. The first kappa shape index (κ1) is 14.6. The quantitative estimate of drug-likeness (QED) is 0.855. The van der Waals surface area contributed by atoms with Crippen molar-refractivity contribution in [3.8, 4) is 0 Å². The SMILES string of the molecule is Cc1nc(C)c(C(=O)N2CCN(c3ccccc3F)CC2)o1. The zero-order valence-electron chi connectivity index (χ0n) is 12.7. The molecular weight excluding hydrogens is 285 g/mol. The summed E-state index contributed by atoms with van der Waals surface area (Å²) in [4.78, 5) is 20.3. The molecule has 0 N–H and O–H groups in total. The fraction of sp³-hybridized carbons (Fsp3) is 0.375. The van der Waals surface area contributed by atoms with Crippen molar-refractivity contribution < 1.29 is 13.6 Å². The van der Waals surface area contributed by atoms with Gasteiger partial charge in [-0.1, -0.05) is 12.1 Å². The predicted octanol–water partition coefficient (Wildman–Crippen LogP) is 2.39. The second-order valence-electron chi connectivity index (χ2n) is 5.38. The van der Waals surface area contributed by atoms with Gasteiger partial charge in [0.05, 0.1) is 11.4 Å². The summed E-state index contributed by atoms with van der Waals surface area (Å²) in [5, 5.41) is 0. The number of carbonyl (C=O) groups excluding carboxylic acids is 1. The van der Waals surface area contributed by atoms with Gasteiger partial charge in [0.2, 0.25) is 5.76 Å². The van der Waals surface area contributed by atoms with Crippen molar-refractivity contribution in [3.63, 3.8) is 0 Å². The molecule has 6 heteroatoms. The van der Waals surface area contributed by atoms with E-state index in [2.05, 4.69) is 4.98 Å². The molecule has 0 bridgehead atoms. The number of hydrogen-bond acceptors (Lipinski definition) is 4. The predicted molar refractivity (Wildman–Crippen MR) is 80.5 cm³/mol. The summed E-state index contributed by atoms with van der Waals surface area (Å²) in [5.41, 5.74) is 1.19. The highest BCUT2D eigenvalue weighted by molar-refractivity contribution is 5.92. The number of benzene rings is 1. The number of rotatable bonds is 2. The number of hydrogen-bond donors (Lipinski definition) is 0. The van der Waals surface area contributed by atoms with Crippen LogP contribution in [0.25, 0.3) is 0 Å². The topological polar surface area (TPSA) is 49.6 Å². The fourth-order valence-corrected chi connectivity index (χ4v) is 2.73. The molecule has 0 spiro atoms. The number of carbonyl (C=O) groups is 1. The van der Waals surface area contributed by atoms with E-state index in [0.717, 1.165) is 0 Å². The highest BCUT2D eigenvalue weighted by Gasteiger charge is 2.27. The molecule has 1 amide bonds. The number of halogens is 1. The molecule has 1 fully saturated rings. The third-order valence-corrected chi connectivity index (χ3v) is 3.86. The molecule has 0 aliphatic carbocycles. The molecule has 0 saturated carbocycles. The lowest BCUT2D eigenvalue weighted by Crippen LogP contribution is -2.49. The number of anilines is 1. The Morgan fingerprint density at radius 2 is 1.86 bits per heavy atom. The normalized spacial score (nSPS) is 15.2. The van der Waals surface area contributed by atoms with Crippen LogP contribution in [0.5, 0.6) is 0 Å². The molecule has 1 aliphatic rings. The molecule has 0 radical (unpaired) electrons. The third-order valence-electron chi connectivity index (χ3n) is 3.86. The molecule has 22 heavy (non-hydrogen) atoms. The van der Waals surface area contributed by atoms with Crippen molar-refractivity contribution in [1.29, 1.82) is 0 Å². The molecule has 1 saturated heterocycles. The minimum Gasteiger partial charge on any atom is -0.436 e. The Kier molecular flexibility index (Phi) is 3.83. The number of aromatic nitrogens is 1. The number of piperazine rings is 1. The first-order valence-corrected chi connectivity index (χ1v) is 7.29. The first-order chi connectivity index (χ1) is 10.6. The Bertz CT molecular complexity index is 690. The molecule has 2 heterocycles. The van der Waals surface area contributed by atoms with Gasteiger partial charge in [-0.05, 0) is 19.1 Å². The lowest BCUT2D eigenvalue weighted by molar-refractivity contribution is 0.0712. The van der Waals surface area contributed by atoms with E-state index in [4.69, 9.17) is 4.42 Å². The first-order valence-electron chi connectivity index (χ1n) is 7.29. The molecule has 2 aromatic rings. The largest absolute Gasteiger partial charge is 0.436 e. The number of oxazole rings is 1. The average Bonchev–Trinajstić information content (AvgIpc) is 2.86. The van der Waals surface area contributed by atoms with Gasteiger partial charge in [-0.25, -0.2) is 9.37 Å². The zero-order chi connectivity index (χ0) is 15.7. The van der Waals surface area contributed by atoms with Crippen LogP contribution >= 0.6 is 0 Å². The maximum absolute atomic E-state index is 13.8. The summed E-state index contributed by atoms with van der Waals surface area (Å²) in [7, 11) is 0. The molecule has 3 rings (SSSR count). The number of amides is 1. The van der Waals surface area contributed by atoms with E-state index < -0.39 is 0 Å². The van der Waals surface area contributed by atoms with E-state index in [1.54, 1.807) is 30.9 Å². The monoisotopic (exact) mass is 303 g/mol. The molecule has 116 valence electrons. The van der Waals surface area contributed by atoms with Gasteiger partial charge in [0.1, 0.15) is 5.82 Å². The van der Waals surface area contributed by atoms with Gasteiger partial charge < -0.3 is 14.2 Å². The lowest BCUT2D eigenvalue weighted by Gasteiger charge is -2.35. The average molecular weight is 303 g/mol. The van der Waals surface area contributed by atoms with Gasteiger partial charge in [0.15, 0.2) is 5.89 Å². The van der Waals surface area contributed by atoms with Gasteiger partial charge in [-0.3, -0.25) is 4.79 Å².